The molecule has 1 rings (SSSR count). The van der Waals surface area contributed by atoms with E-state index in [2.05, 4.69) is 22.9 Å². The van der Waals surface area contributed by atoms with Gasteiger partial charge >= 0.3 is 0 Å². The average Bonchev–Trinajstić information content (AvgIpc) is 2.35. The van der Waals surface area contributed by atoms with Crippen molar-refractivity contribution in [3.63, 3.8) is 0 Å². The molecular formula is C15H24BrNO. The number of nitrogens with two attached hydrogens (primary N) is 1. The van der Waals surface area contributed by atoms with Crippen molar-refractivity contribution in [2.75, 3.05) is 6.61 Å². The van der Waals surface area contributed by atoms with Crippen LogP contribution in [0, 0.1) is 0 Å². The van der Waals surface area contributed by atoms with Gasteiger partial charge in [0.05, 0.1) is 11.1 Å². The molecule has 0 spiro atoms. The first-order chi connectivity index (χ1) is 8.65. The highest BCUT2D eigenvalue weighted by Crippen LogP contribution is 2.28. The van der Waals surface area contributed by atoms with Crippen LogP contribution in [0.25, 0.3) is 0 Å². The lowest BCUT2D eigenvalue weighted by atomic mass is 10.1. The van der Waals surface area contributed by atoms with E-state index in [1.165, 1.54) is 25.7 Å². The van der Waals surface area contributed by atoms with Crippen molar-refractivity contribution >= 4 is 15.9 Å². The number of benzene rings is 1. The number of rotatable bonds is 8. The van der Waals surface area contributed by atoms with E-state index in [-0.39, 0.29) is 6.04 Å². The summed E-state index contributed by atoms with van der Waals surface area (Å²) in [6.45, 7) is 5.00. The van der Waals surface area contributed by atoms with E-state index in [9.17, 15) is 0 Å². The summed E-state index contributed by atoms with van der Waals surface area (Å²) in [6, 6.07) is 6.12. The molecule has 0 saturated carbocycles. The predicted molar refractivity (Wildman–Crippen MR) is 81.0 cm³/mol. The number of ether oxygens (including phenoxy) is 1. The molecule has 0 aliphatic heterocycles. The summed E-state index contributed by atoms with van der Waals surface area (Å²) in [4.78, 5) is 0. The first-order valence-corrected chi connectivity index (χ1v) is 7.62. The highest BCUT2D eigenvalue weighted by Gasteiger charge is 2.05. The van der Waals surface area contributed by atoms with Crippen LogP contribution < -0.4 is 10.5 Å². The predicted octanol–water partition coefficient (Wildman–Crippen LogP) is 4.82. The zero-order chi connectivity index (χ0) is 13.4. The molecule has 0 unspecified atom stereocenters. The van der Waals surface area contributed by atoms with Crippen LogP contribution in [0.3, 0.4) is 0 Å². The van der Waals surface area contributed by atoms with Gasteiger partial charge in [0.2, 0.25) is 0 Å². The van der Waals surface area contributed by atoms with Crippen LogP contribution in [-0.2, 0) is 0 Å². The van der Waals surface area contributed by atoms with Gasteiger partial charge in [-0.1, -0.05) is 38.7 Å². The topological polar surface area (TPSA) is 35.2 Å². The molecule has 0 heterocycles. The maximum Gasteiger partial charge on any atom is 0.133 e. The summed E-state index contributed by atoms with van der Waals surface area (Å²) in [5, 5.41) is 0. The van der Waals surface area contributed by atoms with Crippen molar-refractivity contribution in [1.82, 2.24) is 0 Å². The Hall–Kier alpha value is -0.540. The molecule has 2 N–H and O–H groups in total. The molecule has 3 heteroatoms. The Morgan fingerprint density at radius 3 is 2.56 bits per heavy atom. The summed E-state index contributed by atoms with van der Waals surface area (Å²) in [6.07, 6.45) is 6.30. The van der Waals surface area contributed by atoms with Crippen molar-refractivity contribution in [2.45, 2.75) is 52.0 Å². The van der Waals surface area contributed by atoms with Crippen LogP contribution >= 0.6 is 15.9 Å². The monoisotopic (exact) mass is 313 g/mol. The van der Waals surface area contributed by atoms with Gasteiger partial charge in [-0.25, -0.2) is 0 Å². The van der Waals surface area contributed by atoms with E-state index in [1.54, 1.807) is 0 Å². The maximum absolute atomic E-state index is 5.84. The van der Waals surface area contributed by atoms with Gasteiger partial charge in [-0.3, -0.25) is 0 Å². The van der Waals surface area contributed by atoms with Crippen molar-refractivity contribution in [1.29, 1.82) is 0 Å². The van der Waals surface area contributed by atoms with Crippen LogP contribution in [0.1, 0.15) is 57.6 Å². The van der Waals surface area contributed by atoms with Crippen molar-refractivity contribution < 1.29 is 4.74 Å². The fourth-order valence-electron chi connectivity index (χ4n) is 1.81. The highest BCUT2D eigenvalue weighted by molar-refractivity contribution is 9.10. The Morgan fingerprint density at radius 2 is 1.94 bits per heavy atom. The van der Waals surface area contributed by atoms with Crippen molar-refractivity contribution in [2.24, 2.45) is 5.73 Å². The number of hydrogen-bond donors (Lipinski definition) is 1. The molecular weight excluding hydrogens is 290 g/mol. The Bertz CT molecular complexity index is 352. The summed E-state index contributed by atoms with van der Waals surface area (Å²) in [5.41, 5.74) is 6.96. The molecule has 0 aliphatic rings. The second kappa shape index (κ2) is 8.54. The molecule has 1 atom stereocenters. The molecule has 0 bridgehead atoms. The van der Waals surface area contributed by atoms with Gasteiger partial charge in [-0.2, -0.15) is 0 Å². The molecule has 18 heavy (non-hydrogen) atoms. The van der Waals surface area contributed by atoms with Gasteiger partial charge in [0.15, 0.2) is 0 Å². The lowest BCUT2D eigenvalue weighted by molar-refractivity contribution is 0.302. The van der Waals surface area contributed by atoms with Crippen molar-refractivity contribution in [3.05, 3.63) is 28.2 Å². The molecule has 1 aromatic rings. The molecule has 2 nitrogen and oxygen atoms in total. The SMILES string of the molecule is CCCCCCCOc1ccc([C@@H](C)N)cc1Br. The van der Waals surface area contributed by atoms with E-state index in [4.69, 9.17) is 10.5 Å². The minimum Gasteiger partial charge on any atom is -0.492 e. The van der Waals surface area contributed by atoms with E-state index < -0.39 is 0 Å². The maximum atomic E-state index is 5.84. The largest absolute Gasteiger partial charge is 0.492 e. The highest BCUT2D eigenvalue weighted by atomic mass is 79.9. The van der Waals surface area contributed by atoms with E-state index in [0.717, 1.165) is 28.8 Å². The summed E-state index contributed by atoms with van der Waals surface area (Å²) >= 11 is 3.53. The summed E-state index contributed by atoms with van der Waals surface area (Å²) in [7, 11) is 0. The third kappa shape index (κ3) is 5.40. The standard InChI is InChI=1S/C15H24BrNO/c1-3-4-5-6-7-10-18-15-9-8-13(12(2)17)11-14(15)16/h8-9,11-12H,3-7,10,17H2,1-2H3/t12-/m1/s1. The zero-order valence-electron chi connectivity index (χ0n) is 11.4. The lowest BCUT2D eigenvalue weighted by Crippen LogP contribution is -2.05. The van der Waals surface area contributed by atoms with E-state index in [1.807, 2.05) is 25.1 Å². The van der Waals surface area contributed by atoms with Crippen LogP contribution in [0.5, 0.6) is 5.75 Å². The Morgan fingerprint density at radius 1 is 1.22 bits per heavy atom. The molecule has 0 aliphatic carbocycles. The minimum absolute atomic E-state index is 0.0596. The summed E-state index contributed by atoms with van der Waals surface area (Å²) in [5.74, 6) is 0.912. The van der Waals surface area contributed by atoms with Gasteiger partial charge in [-0.15, -0.1) is 0 Å². The lowest BCUT2D eigenvalue weighted by Gasteiger charge is -2.11. The quantitative estimate of drug-likeness (QED) is 0.698. The Kier molecular flexibility index (Phi) is 7.36. The molecule has 0 saturated heterocycles. The third-order valence-corrected chi connectivity index (χ3v) is 3.61. The molecule has 0 aromatic heterocycles. The minimum atomic E-state index is 0.0596. The third-order valence-electron chi connectivity index (χ3n) is 2.99. The van der Waals surface area contributed by atoms with Gasteiger partial charge in [0, 0.05) is 6.04 Å². The second-order valence-corrected chi connectivity index (χ2v) is 5.60. The molecule has 0 fully saturated rings. The number of halogens is 1. The number of unbranched alkanes of at least 4 members (excludes halogenated alkanes) is 4. The smallest absolute Gasteiger partial charge is 0.133 e. The van der Waals surface area contributed by atoms with Gasteiger partial charge in [0.1, 0.15) is 5.75 Å². The molecule has 0 amide bonds. The van der Waals surface area contributed by atoms with Gasteiger partial charge in [-0.05, 0) is 47.0 Å². The van der Waals surface area contributed by atoms with Crippen LogP contribution in [-0.4, -0.2) is 6.61 Å². The first kappa shape index (κ1) is 15.5. The van der Waals surface area contributed by atoms with Gasteiger partial charge < -0.3 is 10.5 Å². The van der Waals surface area contributed by atoms with E-state index >= 15 is 0 Å². The second-order valence-electron chi connectivity index (χ2n) is 4.74. The van der Waals surface area contributed by atoms with Crippen LogP contribution in [0.4, 0.5) is 0 Å². The Balaban J connectivity index is 2.34. The summed E-state index contributed by atoms with van der Waals surface area (Å²) < 4.78 is 6.76. The average molecular weight is 314 g/mol. The van der Waals surface area contributed by atoms with E-state index in [0.29, 0.717) is 0 Å². The number of hydrogen-bond acceptors (Lipinski definition) is 2. The Labute approximate surface area is 119 Å². The van der Waals surface area contributed by atoms with Crippen LogP contribution in [0.2, 0.25) is 0 Å². The molecule has 0 radical (unpaired) electrons. The fourth-order valence-corrected chi connectivity index (χ4v) is 2.32. The normalized spacial score (nSPS) is 12.4. The van der Waals surface area contributed by atoms with Crippen LogP contribution in [0.15, 0.2) is 22.7 Å². The van der Waals surface area contributed by atoms with Gasteiger partial charge in [0.25, 0.3) is 0 Å². The molecule has 1 aromatic carbocycles. The van der Waals surface area contributed by atoms with Crippen molar-refractivity contribution in [3.8, 4) is 5.75 Å². The fraction of sp³-hybridized carbons (Fsp3) is 0.600. The molecule has 102 valence electrons. The zero-order valence-corrected chi connectivity index (χ0v) is 13.0. The first-order valence-electron chi connectivity index (χ1n) is 6.83.